The van der Waals surface area contributed by atoms with Crippen molar-refractivity contribution in [1.29, 1.82) is 0 Å². The van der Waals surface area contributed by atoms with Gasteiger partial charge in [0, 0.05) is 5.69 Å². The molecule has 1 aromatic rings. The minimum absolute atomic E-state index is 0.382. The van der Waals surface area contributed by atoms with Gasteiger partial charge in [-0.2, -0.15) is 0 Å². The summed E-state index contributed by atoms with van der Waals surface area (Å²) in [6.07, 6.45) is 5.03. The summed E-state index contributed by atoms with van der Waals surface area (Å²) in [7, 11) is 0. The molecule has 0 unspecified atom stereocenters. The first-order valence-corrected chi connectivity index (χ1v) is 10.1. The maximum absolute atomic E-state index is 12.6. The van der Waals surface area contributed by atoms with Crippen molar-refractivity contribution < 1.29 is 23.9 Å². The Morgan fingerprint density at radius 2 is 1.90 bits per heavy atom. The fraction of sp³-hybridized carbons (Fsp3) is 0.524. The van der Waals surface area contributed by atoms with Gasteiger partial charge in [-0.05, 0) is 62.3 Å². The number of urea groups is 1. The molecule has 1 aliphatic heterocycles. The zero-order chi connectivity index (χ0) is 20.6. The van der Waals surface area contributed by atoms with E-state index in [9.17, 15) is 19.2 Å². The molecule has 0 bridgehead atoms. The van der Waals surface area contributed by atoms with Crippen LogP contribution in [0, 0.1) is 0 Å². The zero-order valence-corrected chi connectivity index (χ0v) is 16.5. The molecule has 1 aromatic carbocycles. The number of esters is 1. The molecular formula is C21H25N3O5. The highest BCUT2D eigenvalue weighted by molar-refractivity contribution is 6.09. The van der Waals surface area contributed by atoms with Crippen LogP contribution in [0.15, 0.2) is 18.2 Å². The number of anilines is 1. The van der Waals surface area contributed by atoms with Crippen LogP contribution >= 0.6 is 0 Å². The van der Waals surface area contributed by atoms with Crippen LogP contribution in [0.2, 0.25) is 0 Å². The molecule has 4 amide bonds. The van der Waals surface area contributed by atoms with Gasteiger partial charge < -0.3 is 15.4 Å². The number of ether oxygens (including phenoxy) is 1. The summed E-state index contributed by atoms with van der Waals surface area (Å²) >= 11 is 0. The number of imide groups is 1. The molecule has 1 heterocycles. The number of carbonyl (C=O) groups excluding carboxylic acids is 4. The van der Waals surface area contributed by atoms with Crippen LogP contribution in [-0.2, 0) is 32.0 Å². The van der Waals surface area contributed by atoms with Crippen LogP contribution in [0.3, 0.4) is 0 Å². The Hall–Kier alpha value is -2.90. The molecular weight excluding hydrogens is 374 g/mol. The lowest BCUT2D eigenvalue weighted by atomic mass is 9.98. The largest absolute Gasteiger partial charge is 0.451 e. The predicted molar refractivity (Wildman–Crippen MR) is 104 cm³/mol. The highest BCUT2D eigenvalue weighted by Crippen LogP contribution is 2.35. The predicted octanol–water partition coefficient (Wildman–Crippen LogP) is 1.91. The fourth-order valence-corrected chi connectivity index (χ4v) is 4.45. The van der Waals surface area contributed by atoms with Gasteiger partial charge in [0.15, 0.2) is 6.10 Å². The molecule has 2 fully saturated rings. The van der Waals surface area contributed by atoms with Gasteiger partial charge in [0.1, 0.15) is 12.1 Å². The van der Waals surface area contributed by atoms with E-state index in [1.807, 2.05) is 18.2 Å². The molecule has 2 aliphatic carbocycles. The fourth-order valence-electron chi connectivity index (χ4n) is 4.45. The molecule has 8 heteroatoms. The normalized spacial score (nSPS) is 20.5. The number of rotatable bonds is 5. The first-order valence-electron chi connectivity index (χ1n) is 10.1. The van der Waals surface area contributed by atoms with Gasteiger partial charge in [0.25, 0.3) is 11.8 Å². The SMILES string of the molecule is C[C@@H](OC(=O)CN1C(=O)NC2(CCCC2)C1=O)C(=O)Nc1ccc2c(c1)CCC2. The molecule has 29 heavy (non-hydrogen) atoms. The third-order valence-corrected chi connectivity index (χ3v) is 6.03. The van der Waals surface area contributed by atoms with E-state index in [-0.39, 0.29) is 5.91 Å². The standard InChI is InChI=1S/C21H25N3O5/c1-13(18(26)22-16-8-7-14-5-4-6-15(14)11-16)29-17(25)12-24-19(27)21(23-20(24)28)9-2-3-10-21/h7-8,11,13H,2-6,9-10,12H2,1H3,(H,22,26)(H,23,28)/t13-/m1/s1. The van der Waals surface area contributed by atoms with Crippen LogP contribution in [0.5, 0.6) is 0 Å². The summed E-state index contributed by atoms with van der Waals surface area (Å²) in [5.74, 6) is -1.63. The quantitative estimate of drug-likeness (QED) is 0.581. The average Bonchev–Trinajstić information content (AvgIpc) is 3.39. The van der Waals surface area contributed by atoms with E-state index in [1.54, 1.807) is 0 Å². The second kappa shape index (κ2) is 7.50. The number of nitrogens with one attached hydrogen (secondary N) is 2. The Labute approximate surface area is 169 Å². The molecule has 8 nitrogen and oxygen atoms in total. The van der Waals surface area contributed by atoms with Gasteiger partial charge in [-0.3, -0.25) is 19.3 Å². The van der Waals surface area contributed by atoms with E-state index >= 15 is 0 Å². The summed E-state index contributed by atoms with van der Waals surface area (Å²) in [5.41, 5.74) is 2.33. The summed E-state index contributed by atoms with van der Waals surface area (Å²) in [5, 5.41) is 5.47. The van der Waals surface area contributed by atoms with Crippen molar-refractivity contribution in [3.63, 3.8) is 0 Å². The van der Waals surface area contributed by atoms with Gasteiger partial charge in [-0.1, -0.05) is 18.9 Å². The van der Waals surface area contributed by atoms with Gasteiger partial charge >= 0.3 is 12.0 Å². The summed E-state index contributed by atoms with van der Waals surface area (Å²) in [6, 6.07) is 5.21. The summed E-state index contributed by atoms with van der Waals surface area (Å²) in [4.78, 5) is 50.2. The highest BCUT2D eigenvalue weighted by Gasteiger charge is 2.52. The van der Waals surface area contributed by atoms with Crippen molar-refractivity contribution in [3.05, 3.63) is 29.3 Å². The second-order valence-electron chi connectivity index (χ2n) is 8.07. The first kappa shape index (κ1) is 19.4. The molecule has 1 spiro atoms. The van der Waals surface area contributed by atoms with E-state index in [4.69, 9.17) is 4.74 Å². The van der Waals surface area contributed by atoms with E-state index in [0.717, 1.165) is 37.0 Å². The number of amides is 4. The van der Waals surface area contributed by atoms with E-state index in [2.05, 4.69) is 10.6 Å². The van der Waals surface area contributed by atoms with Crippen molar-refractivity contribution in [3.8, 4) is 0 Å². The van der Waals surface area contributed by atoms with E-state index in [0.29, 0.717) is 18.5 Å². The Balaban J connectivity index is 1.31. The maximum Gasteiger partial charge on any atom is 0.327 e. The molecule has 0 aromatic heterocycles. The number of aryl methyl sites for hydroxylation is 2. The van der Waals surface area contributed by atoms with Gasteiger partial charge in [-0.15, -0.1) is 0 Å². The molecule has 1 saturated carbocycles. The molecule has 2 N–H and O–H groups in total. The number of benzene rings is 1. The molecule has 154 valence electrons. The molecule has 4 rings (SSSR count). The third-order valence-electron chi connectivity index (χ3n) is 6.03. The number of hydrogen-bond acceptors (Lipinski definition) is 5. The van der Waals surface area contributed by atoms with Gasteiger partial charge in [-0.25, -0.2) is 4.79 Å². The van der Waals surface area contributed by atoms with Crippen molar-refractivity contribution in [2.75, 3.05) is 11.9 Å². The van der Waals surface area contributed by atoms with Crippen LogP contribution in [-0.4, -0.2) is 46.9 Å². The number of fused-ring (bicyclic) bond motifs is 1. The first-order chi connectivity index (χ1) is 13.9. The lowest BCUT2D eigenvalue weighted by Crippen LogP contribution is -2.44. The minimum Gasteiger partial charge on any atom is -0.451 e. The Morgan fingerprint density at radius 1 is 1.17 bits per heavy atom. The van der Waals surface area contributed by atoms with Crippen molar-refractivity contribution in [2.45, 2.75) is 63.5 Å². The number of hydrogen-bond donors (Lipinski definition) is 2. The average molecular weight is 399 g/mol. The number of carbonyl (C=O) groups is 4. The lowest BCUT2D eigenvalue weighted by Gasteiger charge is -2.20. The van der Waals surface area contributed by atoms with Gasteiger partial charge in [0.05, 0.1) is 0 Å². The Bertz CT molecular complexity index is 875. The number of nitrogens with zero attached hydrogens (tertiary/aromatic N) is 1. The van der Waals surface area contributed by atoms with Crippen molar-refractivity contribution in [2.24, 2.45) is 0 Å². The minimum atomic E-state index is -1.04. The maximum atomic E-state index is 12.6. The van der Waals surface area contributed by atoms with E-state index < -0.39 is 36.1 Å². The van der Waals surface area contributed by atoms with Crippen molar-refractivity contribution in [1.82, 2.24) is 10.2 Å². The summed E-state index contributed by atoms with van der Waals surface area (Å²) in [6.45, 7) is 0.966. The monoisotopic (exact) mass is 399 g/mol. The summed E-state index contributed by atoms with van der Waals surface area (Å²) < 4.78 is 5.16. The molecule has 3 aliphatic rings. The van der Waals surface area contributed by atoms with Crippen LogP contribution in [0.1, 0.15) is 50.2 Å². The Morgan fingerprint density at radius 3 is 2.66 bits per heavy atom. The van der Waals surface area contributed by atoms with Gasteiger partial charge in [0.2, 0.25) is 0 Å². The highest BCUT2D eigenvalue weighted by atomic mass is 16.5. The zero-order valence-electron chi connectivity index (χ0n) is 16.5. The van der Waals surface area contributed by atoms with Crippen LogP contribution < -0.4 is 10.6 Å². The van der Waals surface area contributed by atoms with Crippen LogP contribution in [0.25, 0.3) is 0 Å². The lowest BCUT2D eigenvalue weighted by molar-refractivity contribution is -0.155. The topological polar surface area (TPSA) is 105 Å². The van der Waals surface area contributed by atoms with Crippen LogP contribution in [0.4, 0.5) is 10.5 Å². The molecule has 1 saturated heterocycles. The smallest absolute Gasteiger partial charge is 0.327 e. The second-order valence-corrected chi connectivity index (χ2v) is 8.07. The third kappa shape index (κ3) is 3.71. The Kier molecular flexibility index (Phi) is 5.02. The van der Waals surface area contributed by atoms with E-state index in [1.165, 1.54) is 18.1 Å². The molecule has 0 radical (unpaired) electrons. The molecule has 1 atom stereocenters. The van der Waals surface area contributed by atoms with Crippen molar-refractivity contribution >= 4 is 29.5 Å².